The number of aromatic nitrogens is 3. The second-order valence-corrected chi connectivity index (χ2v) is 11.3. The summed E-state index contributed by atoms with van der Waals surface area (Å²) in [6.45, 7) is 8.90. The number of rotatable bonds is 11. The molecule has 0 spiro atoms. The zero-order valence-corrected chi connectivity index (χ0v) is 24.2. The van der Waals surface area contributed by atoms with Crippen LogP contribution in [-0.2, 0) is 20.7 Å². The standard InChI is InChI=1S/C29H43FN6O4/c1-21(2)18-35(23-17-22(19-33(3)20-23)28(37)34-12-15-40-16-13-34)29(38)27-26(11-7-8-14-39-4)36(32-31-27)25-10-6-5-9-24(25)30/h5-6,9-10,21-23H,7-8,11-20H2,1-4H3/t22-,23+/m1/s1. The SMILES string of the molecule is COCCCCc1c(C(=O)N(CC(C)C)[C@H]2C[C@@H](C(=O)N3CCOCC3)CN(C)C2)nnn1-c1ccccc1F. The van der Waals surface area contributed by atoms with Gasteiger partial charge in [0.15, 0.2) is 5.69 Å². The van der Waals surface area contributed by atoms with E-state index in [4.69, 9.17) is 9.47 Å². The number of nitrogens with zero attached hydrogens (tertiary/aromatic N) is 6. The first kappa shape index (κ1) is 30.1. The minimum absolute atomic E-state index is 0.126. The van der Waals surface area contributed by atoms with Gasteiger partial charge in [0.2, 0.25) is 5.91 Å². The van der Waals surface area contributed by atoms with Crippen LogP contribution in [0.5, 0.6) is 0 Å². The van der Waals surface area contributed by atoms with Gasteiger partial charge in [0.1, 0.15) is 11.5 Å². The number of ether oxygens (including phenoxy) is 2. The van der Waals surface area contributed by atoms with Crippen LogP contribution in [0.3, 0.4) is 0 Å². The summed E-state index contributed by atoms with van der Waals surface area (Å²) in [7, 11) is 3.65. The number of halogens is 1. The van der Waals surface area contributed by atoms with E-state index in [9.17, 15) is 14.0 Å². The second-order valence-electron chi connectivity index (χ2n) is 11.3. The van der Waals surface area contributed by atoms with Crippen molar-refractivity contribution in [2.45, 2.75) is 45.6 Å². The minimum Gasteiger partial charge on any atom is -0.385 e. The molecule has 1 aromatic carbocycles. The molecule has 2 fully saturated rings. The molecule has 4 rings (SSSR count). The van der Waals surface area contributed by atoms with Crippen LogP contribution in [0.4, 0.5) is 4.39 Å². The van der Waals surface area contributed by atoms with E-state index < -0.39 is 5.82 Å². The molecule has 2 saturated heterocycles. The maximum absolute atomic E-state index is 14.8. The lowest BCUT2D eigenvalue weighted by molar-refractivity contribution is -0.142. The van der Waals surface area contributed by atoms with Gasteiger partial charge in [-0.05, 0) is 50.8 Å². The Morgan fingerprint density at radius 1 is 1.18 bits per heavy atom. The zero-order chi connectivity index (χ0) is 28.6. The van der Waals surface area contributed by atoms with Gasteiger partial charge in [-0.15, -0.1) is 5.10 Å². The first-order chi connectivity index (χ1) is 19.3. The molecule has 40 heavy (non-hydrogen) atoms. The Hall–Kier alpha value is -2.89. The van der Waals surface area contributed by atoms with Crippen molar-refractivity contribution < 1.29 is 23.5 Å². The number of amides is 2. The highest BCUT2D eigenvalue weighted by molar-refractivity contribution is 5.94. The van der Waals surface area contributed by atoms with Crippen LogP contribution >= 0.6 is 0 Å². The Balaban J connectivity index is 1.63. The number of para-hydroxylation sites is 1. The van der Waals surface area contributed by atoms with Crippen LogP contribution in [0.1, 0.15) is 49.3 Å². The topological polar surface area (TPSA) is 93.0 Å². The van der Waals surface area contributed by atoms with Crippen LogP contribution in [0.2, 0.25) is 0 Å². The summed E-state index contributed by atoms with van der Waals surface area (Å²) < 4.78 is 26.9. The Morgan fingerprint density at radius 3 is 2.62 bits per heavy atom. The van der Waals surface area contributed by atoms with Gasteiger partial charge in [-0.2, -0.15) is 0 Å². The van der Waals surface area contributed by atoms with Gasteiger partial charge >= 0.3 is 0 Å². The monoisotopic (exact) mass is 558 g/mol. The summed E-state index contributed by atoms with van der Waals surface area (Å²) in [4.78, 5) is 33.6. The van der Waals surface area contributed by atoms with E-state index in [0.717, 1.165) is 12.8 Å². The molecule has 0 bridgehead atoms. The molecule has 3 heterocycles. The smallest absolute Gasteiger partial charge is 0.276 e. The lowest BCUT2D eigenvalue weighted by atomic mass is 9.91. The van der Waals surface area contributed by atoms with Crippen molar-refractivity contribution in [1.82, 2.24) is 29.7 Å². The second kappa shape index (κ2) is 14.1. The number of benzene rings is 1. The average molecular weight is 559 g/mol. The summed E-state index contributed by atoms with van der Waals surface area (Å²) in [5.41, 5.74) is 1.09. The third-order valence-corrected chi connectivity index (χ3v) is 7.60. The average Bonchev–Trinajstić information content (AvgIpc) is 3.37. The molecule has 2 atom stereocenters. The summed E-state index contributed by atoms with van der Waals surface area (Å²) in [5, 5.41) is 8.58. The third-order valence-electron chi connectivity index (χ3n) is 7.60. The number of hydrogen-bond donors (Lipinski definition) is 0. The first-order valence-electron chi connectivity index (χ1n) is 14.3. The highest BCUT2D eigenvalue weighted by Crippen LogP contribution is 2.26. The number of likely N-dealkylation sites (tertiary alicyclic amines) is 1. The van der Waals surface area contributed by atoms with Gasteiger partial charge in [0.05, 0.1) is 24.8 Å². The molecule has 2 amide bonds. The van der Waals surface area contributed by atoms with E-state index in [2.05, 4.69) is 29.1 Å². The molecule has 0 saturated carbocycles. The van der Waals surface area contributed by atoms with Crippen molar-refractivity contribution in [3.8, 4) is 5.69 Å². The maximum atomic E-state index is 14.8. The van der Waals surface area contributed by atoms with Crippen LogP contribution in [0.25, 0.3) is 5.69 Å². The Morgan fingerprint density at radius 2 is 1.93 bits per heavy atom. The van der Waals surface area contributed by atoms with Gasteiger partial charge in [-0.1, -0.05) is 31.2 Å². The number of carbonyl (C=O) groups is 2. The first-order valence-corrected chi connectivity index (χ1v) is 14.3. The number of likely N-dealkylation sites (N-methyl/N-ethyl adjacent to an activating group) is 1. The number of carbonyl (C=O) groups excluding carboxylic acids is 2. The van der Waals surface area contributed by atoms with E-state index in [0.29, 0.717) is 71.1 Å². The predicted octanol–water partition coefficient (Wildman–Crippen LogP) is 2.65. The van der Waals surface area contributed by atoms with E-state index in [1.807, 2.05) is 16.8 Å². The highest BCUT2D eigenvalue weighted by Gasteiger charge is 2.38. The van der Waals surface area contributed by atoms with Gasteiger partial charge < -0.3 is 24.2 Å². The predicted molar refractivity (Wildman–Crippen MR) is 149 cm³/mol. The fourth-order valence-electron chi connectivity index (χ4n) is 5.71. The number of unbranched alkanes of at least 4 members (excludes halogenated alkanes) is 1. The molecule has 2 aromatic rings. The molecule has 1 aromatic heterocycles. The molecule has 0 N–H and O–H groups in total. The number of methoxy groups -OCH3 is 1. The lowest BCUT2D eigenvalue weighted by Crippen LogP contribution is -2.56. The van der Waals surface area contributed by atoms with Gasteiger partial charge in [-0.3, -0.25) is 9.59 Å². The van der Waals surface area contributed by atoms with Crippen LogP contribution < -0.4 is 0 Å². The Kier molecular flexibility index (Phi) is 10.6. The summed E-state index contributed by atoms with van der Waals surface area (Å²) >= 11 is 0. The Labute approximate surface area is 236 Å². The van der Waals surface area contributed by atoms with Crippen molar-refractivity contribution in [3.63, 3.8) is 0 Å². The quantitative estimate of drug-likeness (QED) is 0.392. The molecule has 2 aliphatic rings. The van der Waals surface area contributed by atoms with E-state index >= 15 is 0 Å². The fraction of sp³-hybridized carbons (Fsp3) is 0.655. The van der Waals surface area contributed by atoms with Crippen molar-refractivity contribution >= 4 is 11.8 Å². The van der Waals surface area contributed by atoms with Gasteiger partial charge in [0.25, 0.3) is 5.91 Å². The van der Waals surface area contributed by atoms with Crippen molar-refractivity contribution in [1.29, 1.82) is 0 Å². The zero-order valence-electron chi connectivity index (χ0n) is 24.2. The number of piperidine rings is 1. The molecule has 2 aliphatic heterocycles. The summed E-state index contributed by atoms with van der Waals surface area (Å²) in [5.74, 6) is -0.526. The van der Waals surface area contributed by atoms with E-state index in [1.165, 1.54) is 10.7 Å². The molecule has 10 nitrogen and oxygen atoms in total. The highest BCUT2D eigenvalue weighted by atomic mass is 19.1. The third kappa shape index (κ3) is 7.24. The normalized spacial score (nSPS) is 20.2. The molecule has 220 valence electrons. The maximum Gasteiger partial charge on any atom is 0.276 e. The van der Waals surface area contributed by atoms with Crippen molar-refractivity contribution in [3.05, 3.63) is 41.5 Å². The van der Waals surface area contributed by atoms with E-state index in [1.54, 1.807) is 25.3 Å². The van der Waals surface area contributed by atoms with Gasteiger partial charge in [-0.25, -0.2) is 9.07 Å². The van der Waals surface area contributed by atoms with E-state index in [-0.39, 0.29) is 41.1 Å². The van der Waals surface area contributed by atoms with Gasteiger partial charge in [0, 0.05) is 52.5 Å². The minimum atomic E-state index is -0.429. The molecule has 0 radical (unpaired) electrons. The molecular formula is C29H43FN6O4. The fourth-order valence-corrected chi connectivity index (χ4v) is 5.71. The van der Waals surface area contributed by atoms with Crippen LogP contribution in [0, 0.1) is 17.7 Å². The molecule has 11 heteroatoms. The van der Waals surface area contributed by atoms with Crippen LogP contribution in [0.15, 0.2) is 24.3 Å². The lowest BCUT2D eigenvalue weighted by Gasteiger charge is -2.43. The summed E-state index contributed by atoms with van der Waals surface area (Å²) in [6.07, 6.45) is 2.62. The summed E-state index contributed by atoms with van der Waals surface area (Å²) in [6, 6.07) is 6.22. The molecule has 0 aliphatic carbocycles. The largest absolute Gasteiger partial charge is 0.385 e. The van der Waals surface area contributed by atoms with Crippen LogP contribution in [-0.4, -0.2) is 114 Å². The Bertz CT molecular complexity index is 1140. The molecular weight excluding hydrogens is 515 g/mol. The number of morpholine rings is 1. The molecule has 0 unspecified atom stereocenters. The van der Waals surface area contributed by atoms with Crippen molar-refractivity contribution in [2.75, 3.05) is 66.7 Å². The number of hydrogen-bond acceptors (Lipinski definition) is 7. The van der Waals surface area contributed by atoms with Crippen molar-refractivity contribution in [2.24, 2.45) is 11.8 Å².